The monoisotopic (exact) mass is 423 g/mol. The van der Waals surface area contributed by atoms with E-state index in [4.69, 9.17) is 4.74 Å². The number of amides is 3. The predicted octanol–water partition coefficient (Wildman–Crippen LogP) is 2.92. The highest BCUT2D eigenvalue weighted by Crippen LogP contribution is 2.04. The zero-order valence-corrected chi connectivity index (χ0v) is 18.7. The lowest BCUT2D eigenvalue weighted by atomic mass is 10.0. The molecule has 3 amide bonds. The van der Waals surface area contributed by atoms with Gasteiger partial charge in [-0.05, 0) is 37.0 Å². The number of carbonyl (C=O) groups excluding carboxylic acids is 3. The van der Waals surface area contributed by atoms with Gasteiger partial charge in [-0.1, -0.05) is 50.8 Å². The van der Waals surface area contributed by atoms with Crippen LogP contribution in [0.2, 0.25) is 0 Å². The third-order valence-corrected chi connectivity index (χ3v) is 4.20. The Labute approximate surface area is 178 Å². The molecule has 0 rings (SSSR count). The Kier molecular flexibility index (Phi) is 14.1. The molecule has 2 atom stereocenters. The summed E-state index contributed by atoms with van der Waals surface area (Å²) >= 11 is 1.53. The van der Waals surface area contributed by atoms with Gasteiger partial charge in [-0.2, -0.15) is 0 Å². The number of rotatable bonds is 12. The minimum Gasteiger partial charge on any atom is -0.445 e. The van der Waals surface area contributed by atoms with Crippen molar-refractivity contribution in [1.29, 1.82) is 0 Å². The van der Waals surface area contributed by atoms with Gasteiger partial charge in [0, 0.05) is 6.54 Å². The number of allylic oxidation sites excluding steroid dienone is 3. The van der Waals surface area contributed by atoms with Crippen LogP contribution in [0, 0.1) is 5.92 Å². The highest BCUT2D eigenvalue weighted by molar-refractivity contribution is 8.01. The maximum Gasteiger partial charge on any atom is 0.408 e. The molecule has 0 saturated carbocycles. The zero-order valence-electron chi connectivity index (χ0n) is 17.9. The number of ether oxygens (including phenoxy) is 1. The maximum absolute atomic E-state index is 12.5. The van der Waals surface area contributed by atoms with Crippen molar-refractivity contribution < 1.29 is 19.1 Å². The van der Waals surface area contributed by atoms with Crippen molar-refractivity contribution >= 4 is 29.7 Å². The Morgan fingerprint density at radius 3 is 2.38 bits per heavy atom. The third-order valence-electron chi connectivity index (χ3n) is 3.74. The van der Waals surface area contributed by atoms with Gasteiger partial charge in [0.2, 0.25) is 11.8 Å². The van der Waals surface area contributed by atoms with Crippen molar-refractivity contribution in [3.8, 4) is 0 Å². The fraction of sp³-hybridized carbons (Fsp3) is 0.476. The van der Waals surface area contributed by atoms with E-state index >= 15 is 0 Å². The molecule has 0 fully saturated rings. The van der Waals surface area contributed by atoms with Gasteiger partial charge in [0.15, 0.2) is 0 Å². The quantitative estimate of drug-likeness (QED) is 0.420. The molecule has 0 saturated heterocycles. The largest absolute Gasteiger partial charge is 0.445 e. The van der Waals surface area contributed by atoms with Crippen LogP contribution < -0.4 is 16.0 Å². The molecule has 0 aliphatic rings. The van der Waals surface area contributed by atoms with E-state index in [2.05, 4.69) is 22.5 Å². The summed E-state index contributed by atoms with van der Waals surface area (Å²) in [6.45, 7) is 11.1. The molecule has 0 aromatic carbocycles. The van der Waals surface area contributed by atoms with E-state index in [9.17, 15) is 14.4 Å². The molecule has 0 unspecified atom stereocenters. The van der Waals surface area contributed by atoms with Crippen LogP contribution >= 0.6 is 11.8 Å². The zero-order chi connectivity index (χ0) is 22.2. The lowest BCUT2D eigenvalue weighted by Crippen LogP contribution is -2.54. The first kappa shape index (κ1) is 26.5. The molecule has 29 heavy (non-hydrogen) atoms. The van der Waals surface area contributed by atoms with Crippen molar-refractivity contribution in [2.75, 3.05) is 19.4 Å². The summed E-state index contributed by atoms with van der Waals surface area (Å²) in [7, 11) is 0. The van der Waals surface area contributed by atoms with Crippen LogP contribution in [0.1, 0.15) is 27.7 Å². The van der Waals surface area contributed by atoms with E-state index in [-0.39, 0.29) is 18.4 Å². The first-order chi connectivity index (χ1) is 13.8. The molecule has 0 spiro atoms. The molecule has 162 valence electrons. The molecular formula is C21H33N3O4S. The summed E-state index contributed by atoms with van der Waals surface area (Å²) in [6, 6.07) is -1.57. The third kappa shape index (κ3) is 11.8. The Morgan fingerprint density at radius 2 is 1.83 bits per heavy atom. The van der Waals surface area contributed by atoms with E-state index in [0.29, 0.717) is 6.54 Å². The fourth-order valence-corrected chi connectivity index (χ4v) is 2.36. The Balaban J connectivity index is 4.73. The van der Waals surface area contributed by atoms with E-state index in [1.54, 1.807) is 32.9 Å². The van der Waals surface area contributed by atoms with E-state index < -0.39 is 24.1 Å². The van der Waals surface area contributed by atoms with Crippen molar-refractivity contribution in [2.24, 2.45) is 5.92 Å². The van der Waals surface area contributed by atoms with Crippen LogP contribution in [-0.4, -0.2) is 49.4 Å². The Morgan fingerprint density at radius 1 is 1.14 bits per heavy atom. The van der Waals surface area contributed by atoms with Crippen LogP contribution in [0.4, 0.5) is 4.79 Å². The van der Waals surface area contributed by atoms with Crippen molar-refractivity contribution in [2.45, 2.75) is 39.8 Å². The minimum absolute atomic E-state index is 0.0362. The highest BCUT2D eigenvalue weighted by atomic mass is 32.2. The smallest absolute Gasteiger partial charge is 0.408 e. The van der Waals surface area contributed by atoms with Gasteiger partial charge >= 0.3 is 6.09 Å². The average Bonchev–Trinajstić information content (AvgIpc) is 2.68. The molecule has 8 heteroatoms. The number of hydrogen-bond acceptors (Lipinski definition) is 5. The molecule has 0 aliphatic carbocycles. The minimum atomic E-state index is -0.833. The topological polar surface area (TPSA) is 96.5 Å². The molecule has 3 N–H and O–H groups in total. The van der Waals surface area contributed by atoms with E-state index in [1.165, 1.54) is 11.8 Å². The number of alkyl carbamates (subject to hydrolysis) is 1. The van der Waals surface area contributed by atoms with E-state index in [1.807, 2.05) is 36.8 Å². The summed E-state index contributed by atoms with van der Waals surface area (Å²) in [5.74, 6) is -0.952. The van der Waals surface area contributed by atoms with Gasteiger partial charge < -0.3 is 20.7 Å². The molecule has 0 aliphatic heterocycles. The fourth-order valence-electron chi connectivity index (χ4n) is 2.07. The average molecular weight is 424 g/mol. The van der Waals surface area contributed by atoms with Crippen LogP contribution in [0.3, 0.4) is 0 Å². The van der Waals surface area contributed by atoms with Crippen molar-refractivity contribution in [3.05, 3.63) is 47.9 Å². The summed E-state index contributed by atoms with van der Waals surface area (Å²) in [5, 5.41) is 9.74. The summed E-state index contributed by atoms with van der Waals surface area (Å²) in [5.41, 5.74) is 0.726. The molecule has 0 aromatic rings. The lowest BCUT2D eigenvalue weighted by molar-refractivity contribution is -0.130. The highest BCUT2D eigenvalue weighted by Gasteiger charge is 2.27. The molecule has 0 aromatic heterocycles. The normalized spacial score (nSPS) is 13.9. The van der Waals surface area contributed by atoms with Crippen molar-refractivity contribution in [1.82, 2.24) is 16.0 Å². The summed E-state index contributed by atoms with van der Waals surface area (Å²) < 4.78 is 5.16. The van der Waals surface area contributed by atoms with Crippen LogP contribution in [0.5, 0.6) is 0 Å². The van der Waals surface area contributed by atoms with Gasteiger partial charge in [0.1, 0.15) is 18.7 Å². The second-order valence-corrected chi connectivity index (χ2v) is 7.24. The molecular weight excluding hydrogens is 390 g/mol. The van der Waals surface area contributed by atoms with Gasteiger partial charge in [-0.3, -0.25) is 9.59 Å². The van der Waals surface area contributed by atoms with Crippen molar-refractivity contribution in [3.63, 3.8) is 0 Å². The second-order valence-electron chi connectivity index (χ2n) is 6.50. The Hall–Kier alpha value is -2.48. The summed E-state index contributed by atoms with van der Waals surface area (Å²) in [6.07, 6.45) is 10.0. The molecule has 0 heterocycles. The van der Waals surface area contributed by atoms with Gasteiger partial charge in [-0.25, -0.2) is 4.79 Å². The van der Waals surface area contributed by atoms with E-state index in [0.717, 1.165) is 5.57 Å². The lowest BCUT2D eigenvalue weighted by Gasteiger charge is -2.23. The second kappa shape index (κ2) is 15.4. The number of hydrogen-bond donors (Lipinski definition) is 3. The molecule has 0 radical (unpaired) electrons. The summed E-state index contributed by atoms with van der Waals surface area (Å²) in [4.78, 5) is 36.7. The van der Waals surface area contributed by atoms with Crippen LogP contribution in [0.15, 0.2) is 47.9 Å². The molecule has 0 bridgehead atoms. The predicted molar refractivity (Wildman–Crippen MR) is 119 cm³/mol. The molecule has 7 nitrogen and oxygen atoms in total. The SMILES string of the molecule is C=C/C(=C\C=C/C)COC(=O)N[C@H](C(=O)N[C@@H](C)C(=O)NC/C=C/SC)C(C)C. The standard InChI is InChI=1S/C21H33N3O4S/c1-7-9-11-17(8-2)14-28-21(27)24-18(15(3)4)20(26)23-16(5)19(25)22-12-10-13-29-6/h7-11,13,15-16,18H,2,12,14H2,1,3-6H3,(H,22,25)(H,23,26)(H,24,27)/b9-7-,13-10+,17-11+/t16-,18-/m0/s1. The van der Waals surface area contributed by atoms with Gasteiger partial charge in [0.25, 0.3) is 0 Å². The first-order valence-corrected chi connectivity index (χ1v) is 10.7. The van der Waals surface area contributed by atoms with Gasteiger partial charge in [0.05, 0.1) is 0 Å². The Bertz CT molecular complexity index is 642. The van der Waals surface area contributed by atoms with Crippen LogP contribution in [0.25, 0.3) is 0 Å². The first-order valence-electron chi connectivity index (χ1n) is 9.40. The van der Waals surface area contributed by atoms with Crippen LogP contribution in [-0.2, 0) is 14.3 Å². The number of nitrogens with one attached hydrogen (secondary N) is 3. The number of carbonyl (C=O) groups is 3. The van der Waals surface area contributed by atoms with Gasteiger partial charge in [-0.15, -0.1) is 11.8 Å². The number of thioether (sulfide) groups is 1. The maximum atomic E-state index is 12.5.